The number of aromatic nitrogens is 2. The van der Waals surface area contributed by atoms with E-state index < -0.39 is 0 Å². The molecule has 3 rings (SSSR count). The maximum absolute atomic E-state index is 4.64. The number of aliphatic imine (C=N–C) groups is 1. The van der Waals surface area contributed by atoms with Crippen LogP contribution < -0.4 is 10.6 Å². The molecular formula is C21H34N6. The van der Waals surface area contributed by atoms with Gasteiger partial charge in [0.2, 0.25) is 0 Å². The molecular weight excluding hydrogens is 336 g/mol. The van der Waals surface area contributed by atoms with Gasteiger partial charge in [0.1, 0.15) is 5.82 Å². The van der Waals surface area contributed by atoms with Gasteiger partial charge in [0.15, 0.2) is 5.96 Å². The maximum atomic E-state index is 4.64. The van der Waals surface area contributed by atoms with Crippen LogP contribution in [0.15, 0.2) is 29.3 Å². The van der Waals surface area contributed by atoms with E-state index in [1.165, 1.54) is 31.3 Å². The molecule has 0 spiro atoms. The number of fused-ring (bicyclic) bond motifs is 1. The summed E-state index contributed by atoms with van der Waals surface area (Å²) >= 11 is 0. The second-order valence-electron chi connectivity index (χ2n) is 7.31. The second-order valence-corrected chi connectivity index (χ2v) is 7.31. The summed E-state index contributed by atoms with van der Waals surface area (Å²) in [6, 6.07) is 8.97. The molecule has 2 N–H and O–H groups in total. The summed E-state index contributed by atoms with van der Waals surface area (Å²) in [5.41, 5.74) is 2.29. The molecule has 1 aromatic heterocycles. The zero-order chi connectivity index (χ0) is 19.1. The quantitative estimate of drug-likeness (QED) is 0.447. The third kappa shape index (κ3) is 5.01. The van der Waals surface area contributed by atoms with Gasteiger partial charge in [-0.15, -0.1) is 0 Å². The number of rotatable bonds is 7. The number of guanidine groups is 1. The molecule has 0 amide bonds. The zero-order valence-corrected chi connectivity index (χ0v) is 17.0. The number of hydrogen-bond donors (Lipinski definition) is 2. The molecule has 0 aliphatic carbocycles. The summed E-state index contributed by atoms with van der Waals surface area (Å²) in [4.78, 5) is 11.6. The van der Waals surface area contributed by atoms with Crippen molar-refractivity contribution in [3.8, 4) is 0 Å². The third-order valence-electron chi connectivity index (χ3n) is 5.58. The van der Waals surface area contributed by atoms with Crippen LogP contribution in [0.25, 0.3) is 11.0 Å². The largest absolute Gasteiger partial charge is 0.356 e. The average molecular weight is 371 g/mol. The van der Waals surface area contributed by atoms with E-state index >= 15 is 0 Å². The van der Waals surface area contributed by atoms with Gasteiger partial charge in [0.25, 0.3) is 0 Å². The summed E-state index contributed by atoms with van der Waals surface area (Å²) in [7, 11) is 1.85. The molecule has 1 fully saturated rings. The number of nitrogens with zero attached hydrogens (tertiary/aromatic N) is 4. The average Bonchev–Trinajstić information content (AvgIpc) is 3.02. The molecule has 0 radical (unpaired) electrons. The Balaban J connectivity index is 1.44. The van der Waals surface area contributed by atoms with Crippen molar-refractivity contribution >= 4 is 17.0 Å². The fraction of sp³-hybridized carbons (Fsp3) is 0.619. The highest BCUT2D eigenvalue weighted by molar-refractivity contribution is 5.79. The van der Waals surface area contributed by atoms with E-state index in [0.717, 1.165) is 49.9 Å². The van der Waals surface area contributed by atoms with E-state index in [9.17, 15) is 0 Å². The molecule has 1 aliphatic heterocycles. The van der Waals surface area contributed by atoms with Gasteiger partial charge in [-0.1, -0.05) is 25.5 Å². The van der Waals surface area contributed by atoms with Crippen molar-refractivity contribution < 1.29 is 0 Å². The van der Waals surface area contributed by atoms with Crippen molar-refractivity contribution in [2.75, 3.05) is 33.2 Å². The summed E-state index contributed by atoms with van der Waals surface area (Å²) in [6.45, 7) is 9.53. The molecule has 6 heteroatoms. The number of likely N-dealkylation sites (N-methyl/N-ethyl adjacent to an activating group) is 1. The second kappa shape index (κ2) is 9.74. The van der Waals surface area contributed by atoms with Crippen molar-refractivity contribution in [3.05, 3.63) is 30.1 Å². The first kappa shape index (κ1) is 19.7. The van der Waals surface area contributed by atoms with Crippen LogP contribution in [-0.4, -0.2) is 59.7 Å². The highest BCUT2D eigenvalue weighted by Gasteiger charge is 2.20. The number of nitrogens with one attached hydrogen (secondary N) is 2. The van der Waals surface area contributed by atoms with E-state index in [4.69, 9.17) is 0 Å². The van der Waals surface area contributed by atoms with Crippen molar-refractivity contribution in [1.29, 1.82) is 0 Å². The minimum absolute atomic E-state index is 0.627. The van der Waals surface area contributed by atoms with Crippen molar-refractivity contribution in [3.63, 3.8) is 0 Å². The molecule has 148 valence electrons. The molecule has 1 aliphatic rings. The molecule has 1 aromatic carbocycles. The standard InChI is InChI=1S/C21H34N6/c1-4-26-14-8-7-10-18(26)16-24-21(22-3)23-13-9-15-27-17(2)25-19-11-5-6-12-20(19)27/h5-6,11-12,18H,4,7-10,13-16H2,1-3H3,(H2,22,23,24). The Hall–Kier alpha value is -2.08. The molecule has 27 heavy (non-hydrogen) atoms. The predicted octanol–water partition coefficient (Wildman–Crippen LogP) is 2.77. The zero-order valence-electron chi connectivity index (χ0n) is 17.0. The molecule has 1 saturated heterocycles. The topological polar surface area (TPSA) is 57.5 Å². The minimum atomic E-state index is 0.627. The van der Waals surface area contributed by atoms with Crippen LogP contribution in [0.1, 0.15) is 38.4 Å². The van der Waals surface area contributed by atoms with Crippen LogP contribution in [0, 0.1) is 6.92 Å². The maximum Gasteiger partial charge on any atom is 0.191 e. The highest BCUT2D eigenvalue weighted by atomic mass is 15.2. The van der Waals surface area contributed by atoms with Crippen LogP contribution in [0.5, 0.6) is 0 Å². The van der Waals surface area contributed by atoms with Gasteiger partial charge in [0.05, 0.1) is 11.0 Å². The SMILES string of the molecule is CCN1CCCCC1CNC(=NC)NCCCn1c(C)nc2ccccc21. The highest BCUT2D eigenvalue weighted by Crippen LogP contribution is 2.16. The molecule has 1 atom stereocenters. The molecule has 2 aromatic rings. The van der Waals surface area contributed by atoms with E-state index in [0.29, 0.717) is 6.04 Å². The van der Waals surface area contributed by atoms with Gasteiger partial charge in [-0.3, -0.25) is 9.89 Å². The summed E-state index contributed by atoms with van der Waals surface area (Å²) in [6.07, 6.45) is 4.99. The van der Waals surface area contributed by atoms with Gasteiger partial charge in [0, 0.05) is 32.7 Å². The monoisotopic (exact) mass is 370 g/mol. The van der Waals surface area contributed by atoms with E-state index in [1.807, 2.05) is 13.1 Å². The third-order valence-corrected chi connectivity index (χ3v) is 5.58. The van der Waals surface area contributed by atoms with Crippen LogP contribution in [0.2, 0.25) is 0 Å². The summed E-state index contributed by atoms with van der Waals surface area (Å²) in [5.74, 6) is 1.99. The van der Waals surface area contributed by atoms with Gasteiger partial charge in [-0.25, -0.2) is 4.98 Å². The lowest BCUT2D eigenvalue weighted by molar-refractivity contribution is 0.157. The first-order valence-corrected chi connectivity index (χ1v) is 10.3. The van der Waals surface area contributed by atoms with Crippen LogP contribution in [0.4, 0.5) is 0 Å². The lowest BCUT2D eigenvalue weighted by Crippen LogP contribution is -2.49. The number of benzene rings is 1. The lowest BCUT2D eigenvalue weighted by Gasteiger charge is -2.35. The van der Waals surface area contributed by atoms with Crippen LogP contribution >= 0.6 is 0 Å². The number of piperidine rings is 1. The Labute approximate surface area is 163 Å². The Bertz CT molecular complexity index is 750. The van der Waals surface area contributed by atoms with Gasteiger partial charge < -0.3 is 15.2 Å². The molecule has 2 heterocycles. The predicted molar refractivity (Wildman–Crippen MR) is 113 cm³/mol. The van der Waals surface area contributed by atoms with E-state index in [2.05, 4.69) is 62.1 Å². The first-order valence-electron chi connectivity index (χ1n) is 10.3. The Morgan fingerprint density at radius 3 is 2.93 bits per heavy atom. The molecule has 6 nitrogen and oxygen atoms in total. The van der Waals surface area contributed by atoms with E-state index in [-0.39, 0.29) is 0 Å². The number of imidazole rings is 1. The van der Waals surface area contributed by atoms with Gasteiger partial charge in [-0.2, -0.15) is 0 Å². The fourth-order valence-electron chi connectivity index (χ4n) is 4.06. The van der Waals surface area contributed by atoms with Crippen molar-refractivity contribution in [2.45, 2.75) is 52.1 Å². The van der Waals surface area contributed by atoms with Gasteiger partial charge >= 0.3 is 0 Å². The molecule has 0 saturated carbocycles. The number of hydrogen-bond acceptors (Lipinski definition) is 3. The Kier molecular flexibility index (Phi) is 7.10. The van der Waals surface area contributed by atoms with Crippen LogP contribution in [0.3, 0.4) is 0 Å². The Morgan fingerprint density at radius 2 is 2.11 bits per heavy atom. The van der Waals surface area contributed by atoms with Crippen molar-refractivity contribution in [1.82, 2.24) is 25.1 Å². The molecule has 1 unspecified atom stereocenters. The first-order chi connectivity index (χ1) is 13.2. The fourth-order valence-corrected chi connectivity index (χ4v) is 4.06. The minimum Gasteiger partial charge on any atom is -0.356 e. The number of para-hydroxylation sites is 2. The van der Waals surface area contributed by atoms with Crippen molar-refractivity contribution in [2.24, 2.45) is 4.99 Å². The Morgan fingerprint density at radius 1 is 1.26 bits per heavy atom. The lowest BCUT2D eigenvalue weighted by atomic mass is 10.0. The summed E-state index contributed by atoms with van der Waals surface area (Å²) in [5, 5.41) is 6.97. The van der Waals surface area contributed by atoms with Gasteiger partial charge in [-0.05, 0) is 51.4 Å². The number of aryl methyl sites for hydroxylation is 2. The molecule has 0 bridgehead atoms. The normalized spacial score (nSPS) is 18.8. The number of likely N-dealkylation sites (tertiary alicyclic amines) is 1. The van der Waals surface area contributed by atoms with E-state index in [1.54, 1.807) is 0 Å². The smallest absolute Gasteiger partial charge is 0.191 e. The summed E-state index contributed by atoms with van der Waals surface area (Å²) < 4.78 is 2.30. The van der Waals surface area contributed by atoms with Crippen LogP contribution in [-0.2, 0) is 6.54 Å².